The zero-order valence-corrected chi connectivity index (χ0v) is 7.89. The fraction of sp³-hybridized carbons (Fsp3) is 1.00. The Balaban J connectivity index is 0. The Hall–Kier alpha value is 0.682. The van der Waals surface area contributed by atoms with Gasteiger partial charge in [-0.05, 0) is 6.42 Å². The van der Waals surface area contributed by atoms with E-state index < -0.39 is 7.60 Å². The van der Waals surface area contributed by atoms with Crippen molar-refractivity contribution in [3.05, 3.63) is 0 Å². The summed E-state index contributed by atoms with van der Waals surface area (Å²) >= 11 is 0. The molecule has 74 valence electrons. The minimum absolute atomic E-state index is 0. The molecule has 0 saturated heterocycles. The first-order chi connectivity index (χ1) is 5.06. The van der Waals surface area contributed by atoms with Gasteiger partial charge in [-0.15, -0.1) is 0 Å². The van der Waals surface area contributed by atoms with Crippen molar-refractivity contribution in [3.8, 4) is 0 Å². The van der Waals surface area contributed by atoms with E-state index in [0.29, 0.717) is 6.42 Å². The lowest BCUT2D eigenvalue weighted by Crippen LogP contribution is -1.87. The number of rotatable bonds is 6. The van der Waals surface area contributed by atoms with E-state index in [1.807, 2.05) is 0 Å². The second kappa shape index (κ2) is 8.29. The molecule has 5 heteroatoms. The van der Waals surface area contributed by atoms with Crippen LogP contribution in [0.15, 0.2) is 0 Å². The van der Waals surface area contributed by atoms with Gasteiger partial charge in [-0.1, -0.05) is 32.6 Å². The normalized spacial score (nSPS) is 10.9. The van der Waals surface area contributed by atoms with E-state index in [-0.39, 0.29) is 23.5 Å². The first-order valence-electron chi connectivity index (χ1n) is 4.11. The van der Waals surface area contributed by atoms with Crippen molar-refractivity contribution in [1.82, 2.24) is 0 Å². The van der Waals surface area contributed by atoms with Crippen molar-refractivity contribution in [2.45, 2.75) is 39.0 Å². The molecular formula is C7H20AlO3P. The molecule has 0 heterocycles. The van der Waals surface area contributed by atoms with Crippen molar-refractivity contribution in [2.75, 3.05) is 6.16 Å². The van der Waals surface area contributed by atoms with Crippen LogP contribution < -0.4 is 0 Å². The summed E-state index contributed by atoms with van der Waals surface area (Å²) in [5.41, 5.74) is 0. The lowest BCUT2D eigenvalue weighted by Gasteiger charge is -2.02. The Morgan fingerprint density at radius 3 is 2.00 bits per heavy atom. The van der Waals surface area contributed by atoms with E-state index in [1.165, 1.54) is 6.42 Å². The number of hydrogen-bond donors (Lipinski definition) is 2. The first-order valence-corrected chi connectivity index (χ1v) is 5.90. The van der Waals surface area contributed by atoms with E-state index in [0.717, 1.165) is 19.3 Å². The van der Waals surface area contributed by atoms with Crippen LogP contribution in [0.25, 0.3) is 0 Å². The number of unbranched alkanes of at least 4 members (excludes halogenated alkanes) is 4. The molecule has 0 atom stereocenters. The van der Waals surface area contributed by atoms with Crippen molar-refractivity contribution < 1.29 is 14.4 Å². The molecule has 0 aliphatic rings. The second-order valence-electron chi connectivity index (χ2n) is 2.80. The molecule has 3 nitrogen and oxygen atoms in total. The van der Waals surface area contributed by atoms with Gasteiger partial charge in [0.25, 0.3) is 0 Å². The molecule has 0 aliphatic heterocycles. The van der Waals surface area contributed by atoms with Crippen molar-refractivity contribution >= 4 is 25.0 Å². The summed E-state index contributed by atoms with van der Waals surface area (Å²) in [6, 6.07) is 0. The molecule has 0 bridgehead atoms. The van der Waals surface area contributed by atoms with Crippen LogP contribution in [0.3, 0.4) is 0 Å². The summed E-state index contributed by atoms with van der Waals surface area (Å²) < 4.78 is 10.4. The molecule has 0 radical (unpaired) electrons. The lowest BCUT2D eigenvalue weighted by molar-refractivity contribution is 0.370. The van der Waals surface area contributed by atoms with Gasteiger partial charge in [0.15, 0.2) is 17.4 Å². The summed E-state index contributed by atoms with van der Waals surface area (Å²) in [7, 11) is -3.71. The van der Waals surface area contributed by atoms with Gasteiger partial charge < -0.3 is 9.79 Å². The SMILES string of the molecule is CCCCCCCP(=O)(O)O.[AlH3]. The Kier molecular flexibility index (Phi) is 10.5. The predicted octanol–water partition coefficient (Wildman–Crippen LogP) is 0.951. The van der Waals surface area contributed by atoms with Gasteiger partial charge in [0.05, 0.1) is 0 Å². The van der Waals surface area contributed by atoms with Crippen LogP contribution in [0.1, 0.15) is 39.0 Å². The zero-order valence-electron chi connectivity index (χ0n) is 6.99. The smallest absolute Gasteiger partial charge is 0.324 e. The summed E-state index contributed by atoms with van der Waals surface area (Å²) in [5, 5.41) is 0. The van der Waals surface area contributed by atoms with Gasteiger partial charge in [0.2, 0.25) is 0 Å². The summed E-state index contributed by atoms with van der Waals surface area (Å²) in [6.45, 7) is 2.11. The molecule has 0 rings (SSSR count). The van der Waals surface area contributed by atoms with Crippen LogP contribution in [0.4, 0.5) is 0 Å². The molecule has 0 aromatic carbocycles. The molecular weight excluding hydrogens is 190 g/mol. The lowest BCUT2D eigenvalue weighted by atomic mass is 10.2. The summed E-state index contributed by atoms with van der Waals surface area (Å²) in [5.74, 6) is 0. The van der Waals surface area contributed by atoms with Gasteiger partial charge in [0.1, 0.15) is 0 Å². The van der Waals surface area contributed by atoms with Crippen molar-refractivity contribution in [2.24, 2.45) is 0 Å². The molecule has 0 amide bonds. The van der Waals surface area contributed by atoms with E-state index in [9.17, 15) is 4.57 Å². The molecule has 12 heavy (non-hydrogen) atoms. The minimum Gasteiger partial charge on any atom is -0.324 e. The average Bonchev–Trinajstić information content (AvgIpc) is 1.85. The van der Waals surface area contributed by atoms with Crippen LogP contribution in [-0.4, -0.2) is 33.3 Å². The molecule has 0 saturated carbocycles. The van der Waals surface area contributed by atoms with Crippen LogP contribution in [0.2, 0.25) is 0 Å². The third kappa shape index (κ3) is 13.3. The third-order valence-corrected chi connectivity index (χ3v) is 2.45. The fourth-order valence-corrected chi connectivity index (χ4v) is 1.56. The molecule has 0 aromatic rings. The van der Waals surface area contributed by atoms with E-state index in [4.69, 9.17) is 9.79 Å². The van der Waals surface area contributed by atoms with Crippen LogP contribution in [0.5, 0.6) is 0 Å². The van der Waals surface area contributed by atoms with Gasteiger partial charge in [-0.25, -0.2) is 0 Å². The highest BCUT2D eigenvalue weighted by Gasteiger charge is 2.10. The molecule has 0 fully saturated rings. The molecule has 0 spiro atoms. The Morgan fingerprint density at radius 2 is 1.58 bits per heavy atom. The maximum Gasteiger partial charge on any atom is 0.325 e. The maximum absolute atomic E-state index is 10.4. The van der Waals surface area contributed by atoms with Crippen molar-refractivity contribution in [3.63, 3.8) is 0 Å². The third-order valence-electron chi connectivity index (χ3n) is 1.55. The maximum atomic E-state index is 10.4. The quantitative estimate of drug-likeness (QED) is 0.390. The van der Waals surface area contributed by atoms with E-state index in [2.05, 4.69) is 6.92 Å². The zero-order chi connectivity index (χ0) is 8.74. The van der Waals surface area contributed by atoms with Crippen molar-refractivity contribution in [1.29, 1.82) is 0 Å². The monoisotopic (exact) mass is 210 g/mol. The standard InChI is InChI=1S/C7H17O3P.Al.3H/c1-2-3-4-5-6-7-11(8,9)10;;;;/h2-7H2,1H3,(H2,8,9,10);;;;. The van der Waals surface area contributed by atoms with Crippen LogP contribution in [0, 0.1) is 0 Å². The van der Waals surface area contributed by atoms with E-state index in [1.54, 1.807) is 0 Å². The topological polar surface area (TPSA) is 57.5 Å². The van der Waals surface area contributed by atoms with Crippen LogP contribution >= 0.6 is 7.60 Å². The first kappa shape index (κ1) is 15.2. The number of hydrogen-bond acceptors (Lipinski definition) is 1. The fourth-order valence-electron chi connectivity index (χ4n) is 0.921. The Labute approximate surface area is 84.9 Å². The highest BCUT2D eigenvalue weighted by Crippen LogP contribution is 2.35. The largest absolute Gasteiger partial charge is 0.325 e. The predicted molar refractivity (Wildman–Crippen MR) is 55.6 cm³/mol. The average molecular weight is 210 g/mol. The van der Waals surface area contributed by atoms with Gasteiger partial charge in [0, 0.05) is 6.16 Å². The van der Waals surface area contributed by atoms with Crippen LogP contribution in [-0.2, 0) is 4.57 Å². The van der Waals surface area contributed by atoms with Gasteiger partial charge >= 0.3 is 7.60 Å². The second-order valence-corrected chi connectivity index (χ2v) is 4.58. The molecule has 0 aromatic heterocycles. The van der Waals surface area contributed by atoms with Gasteiger partial charge in [-0.2, -0.15) is 0 Å². The van der Waals surface area contributed by atoms with Gasteiger partial charge in [-0.3, -0.25) is 4.57 Å². The summed E-state index contributed by atoms with van der Waals surface area (Å²) in [4.78, 5) is 17.0. The molecule has 2 N–H and O–H groups in total. The summed E-state index contributed by atoms with van der Waals surface area (Å²) in [6.07, 6.45) is 5.08. The highest BCUT2D eigenvalue weighted by atomic mass is 31.2. The van der Waals surface area contributed by atoms with E-state index >= 15 is 0 Å². The molecule has 0 unspecified atom stereocenters. The Bertz CT molecular complexity index is 135. The molecule has 0 aliphatic carbocycles. The Morgan fingerprint density at radius 1 is 1.08 bits per heavy atom. The minimum atomic E-state index is -3.71. The highest BCUT2D eigenvalue weighted by molar-refractivity contribution is 7.51.